The van der Waals surface area contributed by atoms with E-state index in [1.807, 2.05) is 0 Å². The average Bonchev–Trinajstić information content (AvgIpc) is 3.21. The van der Waals surface area contributed by atoms with Crippen LogP contribution in [0.3, 0.4) is 0 Å². The summed E-state index contributed by atoms with van der Waals surface area (Å²) in [4.78, 5) is 13.2. The summed E-state index contributed by atoms with van der Waals surface area (Å²) in [5.41, 5.74) is 1.03. The van der Waals surface area contributed by atoms with E-state index in [0.717, 1.165) is 16.2 Å². The number of rotatable bonds is 7. The molecule has 28 heavy (non-hydrogen) atoms. The first-order valence-electron chi connectivity index (χ1n) is 8.23. The summed E-state index contributed by atoms with van der Waals surface area (Å²) in [6.45, 7) is 1.80. The molecular weight excluding hydrogens is 436 g/mol. The number of sulfonamides is 1. The molecule has 0 saturated heterocycles. The van der Waals surface area contributed by atoms with Gasteiger partial charge in [0.25, 0.3) is 10.0 Å². The van der Waals surface area contributed by atoms with Gasteiger partial charge in [0.05, 0.1) is 16.0 Å². The van der Waals surface area contributed by atoms with E-state index in [4.69, 9.17) is 11.6 Å². The summed E-state index contributed by atoms with van der Waals surface area (Å²) < 4.78 is 27.3. The Morgan fingerprint density at radius 2 is 1.79 bits per heavy atom. The molecule has 0 radical (unpaired) electrons. The topological polar surface area (TPSA) is 75.3 Å². The fraction of sp³-hybridized carbons (Fsp3) is 0.105. The number of thiophene rings is 1. The van der Waals surface area contributed by atoms with E-state index in [-0.39, 0.29) is 15.4 Å². The second kappa shape index (κ2) is 9.00. The molecule has 0 fully saturated rings. The first-order valence-corrected chi connectivity index (χ1v) is 11.9. The molecule has 2 N–H and O–H groups in total. The Bertz CT molecular complexity index is 1050. The summed E-state index contributed by atoms with van der Waals surface area (Å²) in [6, 6.07) is 17.2. The van der Waals surface area contributed by atoms with Crippen LogP contribution in [0.1, 0.15) is 6.92 Å². The van der Waals surface area contributed by atoms with Crippen LogP contribution < -0.4 is 10.0 Å². The largest absolute Gasteiger partial charge is 0.324 e. The highest BCUT2D eigenvalue weighted by Crippen LogP contribution is 2.28. The van der Waals surface area contributed by atoms with Crippen molar-refractivity contribution in [1.82, 2.24) is 0 Å². The normalized spacial score (nSPS) is 12.4. The highest BCUT2D eigenvalue weighted by molar-refractivity contribution is 8.00. The van der Waals surface area contributed by atoms with Gasteiger partial charge in [0, 0.05) is 10.6 Å². The Kier molecular flexibility index (Phi) is 6.66. The predicted molar refractivity (Wildman–Crippen MR) is 117 cm³/mol. The molecule has 3 aromatic rings. The fourth-order valence-electron chi connectivity index (χ4n) is 2.28. The van der Waals surface area contributed by atoms with Gasteiger partial charge >= 0.3 is 0 Å². The third kappa shape index (κ3) is 5.29. The lowest BCUT2D eigenvalue weighted by Crippen LogP contribution is -2.22. The monoisotopic (exact) mass is 452 g/mol. The van der Waals surface area contributed by atoms with Crippen molar-refractivity contribution in [2.24, 2.45) is 0 Å². The maximum absolute atomic E-state index is 12.4. The number of benzene rings is 2. The van der Waals surface area contributed by atoms with Gasteiger partial charge in [0.15, 0.2) is 0 Å². The number of thioether (sulfide) groups is 1. The molecule has 1 unspecified atom stereocenters. The van der Waals surface area contributed by atoms with Crippen LogP contribution in [0.2, 0.25) is 5.02 Å². The van der Waals surface area contributed by atoms with Gasteiger partial charge in [-0.3, -0.25) is 9.52 Å². The Morgan fingerprint density at radius 1 is 1.07 bits per heavy atom. The quantitative estimate of drug-likeness (QED) is 0.475. The zero-order valence-electron chi connectivity index (χ0n) is 14.8. The number of para-hydroxylation sites is 1. The second-order valence-corrected chi connectivity index (χ2v) is 10.5. The predicted octanol–water partition coefficient (Wildman–Crippen LogP) is 5.32. The molecule has 5 nitrogen and oxygen atoms in total. The summed E-state index contributed by atoms with van der Waals surface area (Å²) >= 11 is 8.59. The Morgan fingerprint density at radius 3 is 2.43 bits per heavy atom. The van der Waals surface area contributed by atoms with Crippen molar-refractivity contribution in [3.8, 4) is 0 Å². The number of nitrogens with one attached hydrogen (secondary N) is 2. The summed E-state index contributed by atoms with van der Waals surface area (Å²) in [6.07, 6.45) is 0. The molecule has 3 rings (SSSR count). The van der Waals surface area contributed by atoms with Crippen LogP contribution >= 0.6 is 34.7 Å². The average molecular weight is 453 g/mol. The smallest absolute Gasteiger partial charge is 0.271 e. The number of hydrogen-bond donors (Lipinski definition) is 2. The summed E-state index contributed by atoms with van der Waals surface area (Å²) in [5, 5.41) is 4.64. The Balaban J connectivity index is 1.61. The minimum absolute atomic E-state index is 0.166. The SMILES string of the molecule is CC(Sc1ccc(NS(=O)(=O)c2cccs2)cc1)C(=O)Nc1ccccc1Cl. The van der Waals surface area contributed by atoms with Crippen LogP contribution in [0, 0.1) is 0 Å². The van der Waals surface area contributed by atoms with Gasteiger partial charge < -0.3 is 5.32 Å². The van der Waals surface area contributed by atoms with Crippen LogP contribution in [0.4, 0.5) is 11.4 Å². The van der Waals surface area contributed by atoms with Crippen molar-refractivity contribution in [1.29, 1.82) is 0 Å². The van der Waals surface area contributed by atoms with E-state index in [1.165, 1.54) is 11.8 Å². The molecule has 1 heterocycles. The number of halogens is 1. The molecule has 146 valence electrons. The van der Waals surface area contributed by atoms with Crippen LogP contribution in [0.25, 0.3) is 0 Å². The lowest BCUT2D eigenvalue weighted by Gasteiger charge is -2.13. The molecule has 0 aliphatic carbocycles. The zero-order valence-corrected chi connectivity index (χ0v) is 18.0. The summed E-state index contributed by atoms with van der Waals surface area (Å²) in [7, 11) is -3.57. The lowest BCUT2D eigenvalue weighted by atomic mass is 10.3. The van der Waals surface area contributed by atoms with E-state index < -0.39 is 10.0 Å². The maximum Gasteiger partial charge on any atom is 0.271 e. The molecule has 0 aliphatic heterocycles. The third-order valence-corrected chi connectivity index (χ3v) is 7.90. The molecular formula is C19H17ClN2O3S3. The number of anilines is 2. The van der Waals surface area contributed by atoms with E-state index >= 15 is 0 Å². The number of hydrogen-bond acceptors (Lipinski definition) is 5. The van der Waals surface area contributed by atoms with E-state index in [2.05, 4.69) is 10.0 Å². The van der Waals surface area contributed by atoms with Gasteiger partial charge in [-0.2, -0.15) is 0 Å². The van der Waals surface area contributed by atoms with Crippen molar-refractivity contribution in [2.45, 2.75) is 21.3 Å². The minimum Gasteiger partial charge on any atom is -0.324 e. The molecule has 1 atom stereocenters. The molecule has 0 saturated carbocycles. The maximum atomic E-state index is 12.4. The molecule has 1 aromatic heterocycles. The number of carbonyl (C=O) groups is 1. The molecule has 0 bridgehead atoms. The van der Waals surface area contributed by atoms with Crippen molar-refractivity contribution >= 4 is 62.0 Å². The van der Waals surface area contributed by atoms with Crippen molar-refractivity contribution in [2.75, 3.05) is 10.0 Å². The van der Waals surface area contributed by atoms with Gasteiger partial charge in [-0.05, 0) is 54.8 Å². The number of amides is 1. The van der Waals surface area contributed by atoms with Crippen molar-refractivity contribution < 1.29 is 13.2 Å². The van der Waals surface area contributed by atoms with Crippen LogP contribution in [0.5, 0.6) is 0 Å². The van der Waals surface area contributed by atoms with Crippen molar-refractivity contribution in [3.63, 3.8) is 0 Å². The summed E-state index contributed by atoms with van der Waals surface area (Å²) in [5.74, 6) is -0.166. The number of carbonyl (C=O) groups excluding carboxylic acids is 1. The van der Waals surface area contributed by atoms with Gasteiger partial charge in [-0.1, -0.05) is 29.8 Å². The van der Waals surface area contributed by atoms with Gasteiger partial charge in [0.1, 0.15) is 4.21 Å². The highest BCUT2D eigenvalue weighted by atomic mass is 35.5. The highest BCUT2D eigenvalue weighted by Gasteiger charge is 2.17. The molecule has 0 aliphatic rings. The van der Waals surface area contributed by atoms with Crippen LogP contribution in [0.15, 0.2) is 75.1 Å². The Hall–Kier alpha value is -2.00. The second-order valence-electron chi connectivity index (χ2n) is 5.79. The van der Waals surface area contributed by atoms with Crippen LogP contribution in [-0.4, -0.2) is 19.6 Å². The molecule has 0 spiro atoms. The van der Waals surface area contributed by atoms with Crippen LogP contribution in [-0.2, 0) is 14.8 Å². The zero-order chi connectivity index (χ0) is 20.1. The molecule has 2 aromatic carbocycles. The van der Waals surface area contributed by atoms with Crippen molar-refractivity contribution in [3.05, 3.63) is 71.1 Å². The van der Waals surface area contributed by atoms with Gasteiger partial charge in [0.2, 0.25) is 5.91 Å². The van der Waals surface area contributed by atoms with E-state index in [1.54, 1.807) is 73.0 Å². The minimum atomic E-state index is -3.57. The Labute approximate surface area is 177 Å². The van der Waals surface area contributed by atoms with E-state index in [0.29, 0.717) is 16.4 Å². The standard InChI is InChI=1S/C19H17ClN2O3S3/c1-13(19(23)21-17-6-3-2-5-16(17)20)27-15-10-8-14(9-11-15)22-28(24,25)18-7-4-12-26-18/h2-13,22H,1H3,(H,21,23). The fourth-order valence-corrected chi connectivity index (χ4v) is 5.38. The van der Waals surface area contributed by atoms with Gasteiger partial charge in [-0.25, -0.2) is 8.42 Å². The third-order valence-electron chi connectivity index (χ3n) is 3.68. The molecule has 9 heteroatoms. The van der Waals surface area contributed by atoms with Gasteiger partial charge in [-0.15, -0.1) is 23.1 Å². The first-order chi connectivity index (χ1) is 13.3. The lowest BCUT2D eigenvalue weighted by molar-refractivity contribution is -0.115. The van der Waals surface area contributed by atoms with E-state index in [9.17, 15) is 13.2 Å². The first kappa shape index (κ1) is 20.7. The molecule has 1 amide bonds.